The highest BCUT2D eigenvalue weighted by molar-refractivity contribution is 6.44. The van der Waals surface area contributed by atoms with Crippen LogP contribution >= 0.6 is 0 Å². The van der Waals surface area contributed by atoms with E-state index in [4.69, 9.17) is 10.8 Å². The highest BCUT2D eigenvalue weighted by Gasteiger charge is 2.16. The molecule has 3 N–H and O–H groups in total. The number of carbonyl (C=O) groups excluding carboxylic acids is 2. The minimum Gasteiger partial charge on any atom is -0.305 e. The van der Waals surface area contributed by atoms with Crippen molar-refractivity contribution >= 4 is 40.1 Å². The largest absolute Gasteiger partial charge is 0.305 e. The molecule has 0 spiro atoms. The SMILES string of the molecule is C=CC(=N)CC(C(=O)C=Cc1cc2cc(-c3ccc(C(=O)C(C)=N)cc3)[nH]c2[n+](C)c1)=C(C)C(=C)C. The molecule has 182 valence electrons. The normalized spacial score (nSPS) is 11.9. The number of aromatic amines is 1. The number of nitrogens with one attached hydrogen (secondary N) is 3. The van der Waals surface area contributed by atoms with E-state index in [-0.39, 0.29) is 29.4 Å². The van der Waals surface area contributed by atoms with Crippen LogP contribution in [0.25, 0.3) is 28.4 Å². The number of aromatic nitrogens is 2. The molecule has 1 aromatic carbocycles. The first kappa shape index (κ1) is 26.2. The van der Waals surface area contributed by atoms with Crippen molar-refractivity contribution in [3.05, 3.63) is 95.8 Å². The second kappa shape index (κ2) is 10.9. The Bertz CT molecular complexity index is 1480. The summed E-state index contributed by atoms with van der Waals surface area (Å²) in [6.07, 6.45) is 6.90. The Hall–Kier alpha value is -4.45. The Morgan fingerprint density at radius 3 is 2.33 bits per heavy atom. The van der Waals surface area contributed by atoms with Crippen LogP contribution in [0.1, 0.15) is 43.1 Å². The molecule has 0 saturated carbocycles. The Kier molecular flexibility index (Phi) is 7.90. The summed E-state index contributed by atoms with van der Waals surface area (Å²) in [4.78, 5) is 28.4. The molecule has 36 heavy (non-hydrogen) atoms. The number of nitrogens with zero attached hydrogens (tertiary/aromatic N) is 1. The van der Waals surface area contributed by atoms with Crippen molar-refractivity contribution in [1.29, 1.82) is 10.8 Å². The number of hydrogen-bond acceptors (Lipinski definition) is 4. The van der Waals surface area contributed by atoms with Gasteiger partial charge < -0.3 is 10.8 Å². The van der Waals surface area contributed by atoms with Crippen LogP contribution in [0.15, 0.2) is 84.6 Å². The van der Waals surface area contributed by atoms with Gasteiger partial charge in [-0.3, -0.25) is 9.59 Å². The first-order valence-electron chi connectivity index (χ1n) is 11.5. The van der Waals surface area contributed by atoms with Crippen LogP contribution in [0.3, 0.4) is 0 Å². The highest BCUT2D eigenvalue weighted by Crippen LogP contribution is 2.24. The van der Waals surface area contributed by atoms with E-state index in [2.05, 4.69) is 18.1 Å². The van der Waals surface area contributed by atoms with Gasteiger partial charge in [0.05, 0.1) is 24.3 Å². The van der Waals surface area contributed by atoms with Gasteiger partial charge in [0, 0.05) is 40.5 Å². The van der Waals surface area contributed by atoms with Gasteiger partial charge in [-0.25, -0.2) is 9.55 Å². The highest BCUT2D eigenvalue weighted by atomic mass is 16.1. The molecule has 3 rings (SSSR count). The second-order valence-corrected chi connectivity index (χ2v) is 8.89. The van der Waals surface area contributed by atoms with Gasteiger partial charge in [-0.2, -0.15) is 0 Å². The Morgan fingerprint density at radius 1 is 1.08 bits per heavy atom. The van der Waals surface area contributed by atoms with Crippen molar-refractivity contribution in [2.75, 3.05) is 0 Å². The Balaban J connectivity index is 1.91. The van der Waals surface area contributed by atoms with Crippen molar-refractivity contribution < 1.29 is 14.2 Å². The van der Waals surface area contributed by atoms with Gasteiger partial charge in [0.1, 0.15) is 5.69 Å². The maximum atomic E-state index is 13.0. The minimum atomic E-state index is -0.284. The number of carbonyl (C=O) groups is 2. The molecule has 0 saturated heterocycles. The quantitative estimate of drug-likeness (QED) is 0.110. The number of pyridine rings is 1. The number of allylic oxidation sites excluding steroid dienone is 5. The summed E-state index contributed by atoms with van der Waals surface area (Å²) < 4.78 is 1.96. The second-order valence-electron chi connectivity index (χ2n) is 8.89. The smallest absolute Gasteiger partial charge is 0.286 e. The summed E-state index contributed by atoms with van der Waals surface area (Å²) in [5.74, 6) is -0.442. The number of aryl methyl sites for hydroxylation is 1. The molecule has 6 heteroatoms. The van der Waals surface area contributed by atoms with Gasteiger partial charge in [-0.05, 0) is 62.8 Å². The van der Waals surface area contributed by atoms with E-state index in [1.165, 1.54) is 19.1 Å². The molecule has 6 nitrogen and oxygen atoms in total. The minimum absolute atomic E-state index is 0.0100. The average Bonchev–Trinajstić information content (AvgIpc) is 3.29. The van der Waals surface area contributed by atoms with E-state index < -0.39 is 0 Å². The average molecular weight is 480 g/mol. The lowest BCUT2D eigenvalue weighted by molar-refractivity contribution is -0.646. The van der Waals surface area contributed by atoms with E-state index in [0.29, 0.717) is 11.1 Å². The third kappa shape index (κ3) is 5.78. The van der Waals surface area contributed by atoms with E-state index in [1.807, 2.05) is 55.9 Å². The summed E-state index contributed by atoms with van der Waals surface area (Å²) in [5, 5.41) is 16.4. The number of fused-ring (bicyclic) bond motifs is 1. The van der Waals surface area contributed by atoms with Crippen molar-refractivity contribution in [3.8, 4) is 11.3 Å². The zero-order chi connectivity index (χ0) is 26.6. The molecule has 2 aromatic heterocycles. The molecule has 0 atom stereocenters. The number of hydrogen-bond donors (Lipinski definition) is 3. The maximum absolute atomic E-state index is 13.0. The molecule has 0 amide bonds. The number of H-pyrrole nitrogens is 1. The van der Waals surface area contributed by atoms with Crippen molar-refractivity contribution in [2.24, 2.45) is 7.05 Å². The van der Waals surface area contributed by atoms with Crippen LogP contribution in [-0.4, -0.2) is 28.0 Å². The monoisotopic (exact) mass is 479 g/mol. The molecular weight excluding hydrogens is 448 g/mol. The predicted molar refractivity (Wildman–Crippen MR) is 147 cm³/mol. The molecule has 0 unspecified atom stereocenters. The van der Waals surface area contributed by atoms with Crippen LogP contribution in [0.5, 0.6) is 0 Å². The zero-order valence-corrected chi connectivity index (χ0v) is 21.2. The summed E-state index contributed by atoms with van der Waals surface area (Å²) in [6.45, 7) is 12.7. The molecule has 3 aromatic rings. The molecule has 2 heterocycles. The van der Waals surface area contributed by atoms with Crippen LogP contribution in [-0.2, 0) is 11.8 Å². The molecule has 0 aliphatic carbocycles. The fourth-order valence-electron chi connectivity index (χ4n) is 3.83. The van der Waals surface area contributed by atoms with E-state index in [0.717, 1.165) is 39.0 Å². The standard InChI is InChI=1S/C30H30N4O2/c1-7-25(32)16-26(19(4)18(2)3)28(35)13-8-21-14-24-15-27(33-30(24)34(6)17-21)22-9-11-23(12-10-22)29(36)20(5)31/h7-15,17,31-32H,1-2,16H2,3-6H3/p+1. The topological polar surface area (TPSA) is 102 Å². The van der Waals surface area contributed by atoms with E-state index in [1.54, 1.807) is 18.2 Å². The van der Waals surface area contributed by atoms with Crippen LogP contribution in [0, 0.1) is 10.8 Å². The third-order valence-corrected chi connectivity index (χ3v) is 6.07. The van der Waals surface area contributed by atoms with Gasteiger partial charge in [0.2, 0.25) is 5.78 Å². The van der Waals surface area contributed by atoms with Crippen molar-refractivity contribution in [2.45, 2.75) is 27.2 Å². The predicted octanol–water partition coefficient (Wildman–Crippen LogP) is 5.95. The Morgan fingerprint density at radius 2 is 1.75 bits per heavy atom. The lowest BCUT2D eigenvalue weighted by Crippen LogP contribution is -2.29. The van der Waals surface area contributed by atoms with Gasteiger partial charge >= 0.3 is 0 Å². The Labute approximate surface area is 211 Å². The summed E-state index contributed by atoms with van der Waals surface area (Å²) in [5.41, 5.74) is 6.50. The van der Waals surface area contributed by atoms with E-state index >= 15 is 0 Å². The molecule has 0 bridgehead atoms. The number of benzene rings is 1. The summed E-state index contributed by atoms with van der Waals surface area (Å²) in [7, 11) is 1.93. The molecular formula is C30H31N4O2+. The van der Waals surface area contributed by atoms with Gasteiger partial charge in [-0.1, -0.05) is 30.9 Å². The van der Waals surface area contributed by atoms with Crippen LogP contribution in [0.2, 0.25) is 0 Å². The molecule has 0 radical (unpaired) electrons. The summed E-state index contributed by atoms with van der Waals surface area (Å²) >= 11 is 0. The fourth-order valence-corrected chi connectivity index (χ4v) is 3.83. The summed E-state index contributed by atoms with van der Waals surface area (Å²) in [6, 6.07) is 11.2. The zero-order valence-electron chi connectivity index (χ0n) is 21.2. The molecule has 0 aliphatic rings. The lowest BCUT2D eigenvalue weighted by Gasteiger charge is -2.09. The number of ketones is 2. The lowest BCUT2D eigenvalue weighted by atomic mass is 9.95. The van der Waals surface area contributed by atoms with Crippen LogP contribution < -0.4 is 4.57 Å². The van der Waals surface area contributed by atoms with Crippen LogP contribution in [0.4, 0.5) is 0 Å². The van der Waals surface area contributed by atoms with E-state index in [9.17, 15) is 9.59 Å². The number of rotatable bonds is 10. The number of Topliss-reactive ketones (excluding diaryl/α,β-unsaturated/α-hetero) is 1. The van der Waals surface area contributed by atoms with Gasteiger partial charge in [-0.15, -0.1) is 0 Å². The van der Waals surface area contributed by atoms with Crippen molar-refractivity contribution in [3.63, 3.8) is 0 Å². The van der Waals surface area contributed by atoms with Gasteiger partial charge in [0.15, 0.2) is 5.78 Å². The van der Waals surface area contributed by atoms with Crippen molar-refractivity contribution in [1.82, 2.24) is 4.98 Å². The first-order chi connectivity index (χ1) is 17.0. The fraction of sp³-hybridized carbons (Fsp3) is 0.167. The first-order valence-corrected chi connectivity index (χ1v) is 11.5. The van der Waals surface area contributed by atoms with Gasteiger partial charge in [0.25, 0.3) is 5.65 Å². The molecule has 0 fully saturated rings. The third-order valence-electron chi connectivity index (χ3n) is 6.07. The maximum Gasteiger partial charge on any atom is 0.286 e. The molecule has 0 aliphatic heterocycles.